The SMILES string of the molecule is CCOC(=O)CC#Cc1ccc(C(=O)O)nc1. The van der Waals surface area contributed by atoms with E-state index in [0.29, 0.717) is 12.2 Å². The Morgan fingerprint density at radius 2 is 2.24 bits per heavy atom. The van der Waals surface area contributed by atoms with Gasteiger partial charge >= 0.3 is 11.9 Å². The quantitative estimate of drug-likeness (QED) is 0.624. The predicted octanol–water partition coefficient (Wildman–Crippen LogP) is 1.08. The largest absolute Gasteiger partial charge is 0.477 e. The fourth-order valence-corrected chi connectivity index (χ4v) is 1.02. The average Bonchev–Trinajstić information content (AvgIpc) is 2.30. The van der Waals surface area contributed by atoms with Crippen molar-refractivity contribution in [3.8, 4) is 11.8 Å². The molecule has 0 aliphatic rings. The number of carboxylic acids is 1. The zero-order valence-electron chi connectivity index (χ0n) is 9.27. The minimum absolute atomic E-state index is 0.00845. The Hall–Kier alpha value is -2.35. The zero-order valence-corrected chi connectivity index (χ0v) is 9.27. The molecular formula is C12H11NO4. The van der Waals surface area contributed by atoms with Crippen LogP contribution in [0.3, 0.4) is 0 Å². The van der Waals surface area contributed by atoms with Gasteiger partial charge in [0.2, 0.25) is 0 Å². The van der Waals surface area contributed by atoms with Crippen LogP contribution in [0.4, 0.5) is 0 Å². The summed E-state index contributed by atoms with van der Waals surface area (Å²) in [7, 11) is 0. The molecule has 0 unspecified atom stereocenters. The van der Waals surface area contributed by atoms with Crippen LogP contribution in [0.25, 0.3) is 0 Å². The molecule has 1 aromatic rings. The third-order valence-corrected chi connectivity index (χ3v) is 1.75. The van der Waals surface area contributed by atoms with Crippen molar-refractivity contribution in [2.75, 3.05) is 6.61 Å². The monoisotopic (exact) mass is 233 g/mol. The second kappa shape index (κ2) is 6.28. The average molecular weight is 233 g/mol. The molecular weight excluding hydrogens is 222 g/mol. The van der Waals surface area contributed by atoms with Crippen LogP contribution in [0.1, 0.15) is 29.4 Å². The zero-order chi connectivity index (χ0) is 12.7. The summed E-state index contributed by atoms with van der Waals surface area (Å²) >= 11 is 0. The third-order valence-electron chi connectivity index (χ3n) is 1.75. The van der Waals surface area contributed by atoms with Gasteiger partial charge in [-0.05, 0) is 19.1 Å². The van der Waals surface area contributed by atoms with Gasteiger partial charge in [-0.2, -0.15) is 0 Å². The maximum Gasteiger partial charge on any atom is 0.354 e. The number of pyridine rings is 1. The summed E-state index contributed by atoms with van der Waals surface area (Å²) in [5.74, 6) is 3.85. The van der Waals surface area contributed by atoms with E-state index in [-0.39, 0.29) is 18.1 Å². The first kappa shape index (κ1) is 12.7. The molecule has 1 aromatic heterocycles. The molecule has 5 heteroatoms. The van der Waals surface area contributed by atoms with E-state index < -0.39 is 5.97 Å². The highest BCUT2D eigenvalue weighted by Crippen LogP contribution is 1.98. The maximum absolute atomic E-state index is 11.0. The van der Waals surface area contributed by atoms with Crippen LogP contribution in [0.15, 0.2) is 18.3 Å². The second-order valence-electron chi connectivity index (χ2n) is 3.02. The number of rotatable bonds is 3. The Bertz CT molecular complexity index is 468. The normalized spacial score (nSPS) is 9.00. The van der Waals surface area contributed by atoms with Crippen molar-refractivity contribution in [2.45, 2.75) is 13.3 Å². The van der Waals surface area contributed by atoms with E-state index in [4.69, 9.17) is 9.84 Å². The van der Waals surface area contributed by atoms with E-state index >= 15 is 0 Å². The van der Waals surface area contributed by atoms with Crippen molar-refractivity contribution < 1.29 is 19.4 Å². The number of aromatic carboxylic acids is 1. The summed E-state index contributed by atoms with van der Waals surface area (Å²) in [5, 5.41) is 8.62. The van der Waals surface area contributed by atoms with E-state index in [2.05, 4.69) is 16.8 Å². The molecule has 5 nitrogen and oxygen atoms in total. The number of hydrogen-bond acceptors (Lipinski definition) is 4. The van der Waals surface area contributed by atoms with Gasteiger partial charge in [0.1, 0.15) is 12.1 Å². The fraction of sp³-hybridized carbons (Fsp3) is 0.250. The van der Waals surface area contributed by atoms with Crippen molar-refractivity contribution in [1.82, 2.24) is 4.98 Å². The highest BCUT2D eigenvalue weighted by Gasteiger charge is 2.02. The summed E-state index contributed by atoms with van der Waals surface area (Å²) in [6.07, 6.45) is 1.36. The maximum atomic E-state index is 11.0. The topological polar surface area (TPSA) is 76.5 Å². The first-order valence-electron chi connectivity index (χ1n) is 4.97. The van der Waals surface area contributed by atoms with Crippen molar-refractivity contribution in [3.05, 3.63) is 29.6 Å². The van der Waals surface area contributed by atoms with Crippen LogP contribution < -0.4 is 0 Å². The highest BCUT2D eigenvalue weighted by molar-refractivity contribution is 5.85. The fourth-order valence-electron chi connectivity index (χ4n) is 1.02. The number of hydrogen-bond donors (Lipinski definition) is 1. The molecule has 0 saturated heterocycles. The summed E-state index contributed by atoms with van der Waals surface area (Å²) < 4.78 is 4.70. The van der Waals surface area contributed by atoms with Gasteiger partial charge in [0, 0.05) is 11.8 Å². The van der Waals surface area contributed by atoms with E-state index in [0.717, 1.165) is 0 Å². The molecule has 0 spiro atoms. The minimum Gasteiger partial charge on any atom is -0.477 e. The lowest BCUT2D eigenvalue weighted by atomic mass is 10.2. The van der Waals surface area contributed by atoms with Crippen LogP contribution >= 0.6 is 0 Å². The van der Waals surface area contributed by atoms with Crippen LogP contribution in [-0.4, -0.2) is 28.6 Å². The number of carbonyl (C=O) groups is 2. The van der Waals surface area contributed by atoms with Crippen molar-refractivity contribution >= 4 is 11.9 Å². The van der Waals surface area contributed by atoms with E-state index in [1.54, 1.807) is 6.92 Å². The summed E-state index contributed by atoms with van der Waals surface area (Å²) in [6, 6.07) is 2.89. The lowest BCUT2D eigenvalue weighted by Crippen LogP contribution is -2.01. The number of ether oxygens (including phenoxy) is 1. The molecule has 0 bridgehead atoms. The first-order chi connectivity index (χ1) is 8.13. The number of esters is 1. The second-order valence-corrected chi connectivity index (χ2v) is 3.02. The summed E-state index contributed by atoms with van der Waals surface area (Å²) in [5.41, 5.74) is 0.514. The Balaban J connectivity index is 2.60. The number of aromatic nitrogens is 1. The molecule has 0 atom stereocenters. The summed E-state index contributed by atoms with van der Waals surface area (Å²) in [6.45, 7) is 2.05. The van der Waals surface area contributed by atoms with Gasteiger partial charge in [0.25, 0.3) is 0 Å². The van der Waals surface area contributed by atoms with Crippen LogP contribution in [0, 0.1) is 11.8 Å². The van der Waals surface area contributed by atoms with Crippen molar-refractivity contribution in [1.29, 1.82) is 0 Å². The van der Waals surface area contributed by atoms with Crippen LogP contribution in [0.2, 0.25) is 0 Å². The molecule has 0 aromatic carbocycles. The van der Waals surface area contributed by atoms with E-state index in [1.165, 1.54) is 18.3 Å². The number of nitrogens with zero attached hydrogens (tertiary/aromatic N) is 1. The van der Waals surface area contributed by atoms with Gasteiger partial charge in [-0.1, -0.05) is 11.8 Å². The van der Waals surface area contributed by atoms with Gasteiger partial charge in [-0.3, -0.25) is 4.79 Å². The van der Waals surface area contributed by atoms with Crippen molar-refractivity contribution in [3.63, 3.8) is 0 Å². The third kappa shape index (κ3) is 4.34. The molecule has 1 heterocycles. The molecule has 1 rings (SSSR count). The minimum atomic E-state index is -1.09. The van der Waals surface area contributed by atoms with Gasteiger partial charge < -0.3 is 9.84 Å². The number of carboxylic acid groups (broad SMARTS) is 1. The predicted molar refractivity (Wildman–Crippen MR) is 59.3 cm³/mol. The van der Waals surface area contributed by atoms with Gasteiger partial charge in [-0.25, -0.2) is 9.78 Å². The molecule has 0 radical (unpaired) electrons. The first-order valence-corrected chi connectivity index (χ1v) is 4.97. The molecule has 0 amide bonds. The summed E-state index contributed by atoms with van der Waals surface area (Å²) in [4.78, 5) is 25.2. The Kier molecular flexibility index (Phi) is 4.70. The van der Waals surface area contributed by atoms with Gasteiger partial charge in [-0.15, -0.1) is 0 Å². The number of carbonyl (C=O) groups excluding carboxylic acids is 1. The van der Waals surface area contributed by atoms with E-state index in [1.807, 2.05) is 0 Å². The molecule has 0 saturated carbocycles. The lowest BCUT2D eigenvalue weighted by Gasteiger charge is -1.95. The van der Waals surface area contributed by atoms with Crippen LogP contribution in [-0.2, 0) is 9.53 Å². The molecule has 17 heavy (non-hydrogen) atoms. The molecule has 88 valence electrons. The lowest BCUT2D eigenvalue weighted by molar-refractivity contribution is -0.141. The van der Waals surface area contributed by atoms with Gasteiger partial charge in [0.15, 0.2) is 0 Å². The molecule has 0 aliphatic heterocycles. The molecule has 1 N–H and O–H groups in total. The van der Waals surface area contributed by atoms with Crippen molar-refractivity contribution in [2.24, 2.45) is 0 Å². The van der Waals surface area contributed by atoms with E-state index in [9.17, 15) is 9.59 Å². The van der Waals surface area contributed by atoms with Crippen LogP contribution in [0.5, 0.6) is 0 Å². The standard InChI is InChI=1S/C12H11NO4/c1-2-17-11(14)5-3-4-9-6-7-10(12(15)16)13-8-9/h6-8H,2,5H2,1H3,(H,15,16). The highest BCUT2D eigenvalue weighted by atomic mass is 16.5. The Labute approximate surface area is 98.4 Å². The van der Waals surface area contributed by atoms with Gasteiger partial charge in [0.05, 0.1) is 6.61 Å². The smallest absolute Gasteiger partial charge is 0.354 e. The Morgan fingerprint density at radius 3 is 2.76 bits per heavy atom. The molecule has 0 fully saturated rings. The molecule has 0 aliphatic carbocycles. The Morgan fingerprint density at radius 1 is 1.47 bits per heavy atom.